The minimum atomic E-state index is 0.115. The van der Waals surface area contributed by atoms with E-state index >= 15 is 0 Å². The Hall–Kier alpha value is -1.18. The molecule has 2 atom stereocenters. The van der Waals surface area contributed by atoms with Crippen LogP contribution in [-0.4, -0.2) is 37.0 Å². The van der Waals surface area contributed by atoms with Crippen LogP contribution in [0.2, 0.25) is 4.82 Å². The first-order valence-electron chi connectivity index (χ1n) is 7.76. The molecular formula is C19H15NOSe2. The summed E-state index contributed by atoms with van der Waals surface area (Å²) in [6, 6.07) is 12.8. The molecule has 2 bridgehead atoms. The van der Waals surface area contributed by atoms with Gasteiger partial charge in [0.25, 0.3) is 0 Å². The fourth-order valence-corrected chi connectivity index (χ4v) is 17.4. The Morgan fingerprint density at radius 1 is 1.00 bits per heavy atom. The molecular weight excluding hydrogens is 416 g/mol. The van der Waals surface area contributed by atoms with Crippen LogP contribution in [0.4, 0.5) is 0 Å². The second-order valence-corrected chi connectivity index (χ2v) is 13.9. The summed E-state index contributed by atoms with van der Waals surface area (Å²) in [6.07, 6.45) is 1.86. The molecule has 2 nitrogen and oxygen atoms in total. The van der Waals surface area contributed by atoms with Crippen LogP contribution < -0.4 is 0 Å². The van der Waals surface area contributed by atoms with Crippen molar-refractivity contribution in [3.63, 3.8) is 0 Å². The number of nitrogens with zero attached hydrogens (tertiary/aromatic N) is 1. The second kappa shape index (κ2) is 4.68. The number of ketones is 1. The molecule has 1 aliphatic heterocycles. The second-order valence-electron chi connectivity index (χ2n) is 6.91. The van der Waals surface area contributed by atoms with Crippen molar-refractivity contribution in [1.29, 1.82) is 0 Å². The van der Waals surface area contributed by atoms with Gasteiger partial charge in [-0.3, -0.25) is 0 Å². The Balaban J connectivity index is 1.93. The minimum absolute atomic E-state index is 0.115. The molecule has 0 saturated carbocycles. The Morgan fingerprint density at radius 2 is 1.78 bits per heavy atom. The van der Waals surface area contributed by atoms with E-state index in [2.05, 4.69) is 50.2 Å². The fourth-order valence-electron chi connectivity index (χ4n) is 3.87. The maximum absolute atomic E-state index is 13.0. The van der Waals surface area contributed by atoms with E-state index in [0.29, 0.717) is 36.9 Å². The van der Waals surface area contributed by atoms with Gasteiger partial charge < -0.3 is 0 Å². The number of Topliss-reactive ketones (excluding diaryl/α,β-unsaturated/α-hetero) is 1. The van der Waals surface area contributed by atoms with E-state index in [0.717, 1.165) is 11.1 Å². The molecule has 4 heteroatoms. The zero-order valence-electron chi connectivity index (χ0n) is 12.9. The number of carbonyl (C=O) groups excluding carboxylic acids is 1. The number of hydrogen-bond acceptors (Lipinski definition) is 2. The molecule has 0 N–H and O–H groups in total. The summed E-state index contributed by atoms with van der Waals surface area (Å²) in [5.41, 5.74) is 3.37. The van der Waals surface area contributed by atoms with E-state index in [4.69, 9.17) is 4.98 Å². The van der Waals surface area contributed by atoms with Crippen LogP contribution in [0.5, 0.6) is 0 Å². The summed E-state index contributed by atoms with van der Waals surface area (Å²) in [5.74, 6) is 0.350. The molecule has 2 unspecified atom stereocenters. The molecule has 23 heavy (non-hydrogen) atoms. The van der Waals surface area contributed by atoms with Gasteiger partial charge in [0.1, 0.15) is 0 Å². The fraction of sp³-hybridized carbons (Fsp3) is 0.263. The first-order valence-corrected chi connectivity index (χ1v) is 14.1. The summed E-state index contributed by atoms with van der Waals surface area (Å²) in [4.78, 5) is 18.5. The Bertz CT molecular complexity index is 995. The quantitative estimate of drug-likeness (QED) is 0.401. The van der Waals surface area contributed by atoms with Crippen molar-refractivity contribution in [2.24, 2.45) is 5.41 Å². The average Bonchev–Trinajstić information content (AvgIpc) is 2.76. The number of carbonyl (C=O) groups is 1. The molecule has 0 spiro atoms. The van der Waals surface area contributed by atoms with Crippen LogP contribution in [-0.2, 0) is 0 Å². The van der Waals surface area contributed by atoms with E-state index in [9.17, 15) is 4.79 Å². The van der Waals surface area contributed by atoms with Gasteiger partial charge in [0.05, 0.1) is 0 Å². The summed E-state index contributed by atoms with van der Waals surface area (Å²) in [5, 5.41) is 3.61. The third-order valence-electron chi connectivity index (χ3n) is 5.17. The first kappa shape index (κ1) is 14.2. The molecule has 0 radical (unpaired) electrons. The molecule has 2 aliphatic rings. The van der Waals surface area contributed by atoms with Crippen LogP contribution in [0, 0.1) is 5.41 Å². The Labute approximate surface area is 145 Å². The average molecular weight is 431 g/mol. The van der Waals surface area contributed by atoms with Crippen LogP contribution >= 0.6 is 0 Å². The maximum atomic E-state index is 13.0. The van der Waals surface area contributed by atoms with Gasteiger partial charge in [-0.25, -0.2) is 0 Å². The number of pyridine rings is 1. The van der Waals surface area contributed by atoms with Gasteiger partial charge in [-0.15, -0.1) is 0 Å². The third kappa shape index (κ3) is 1.75. The number of rotatable bonds is 0. The SMILES string of the molecule is CC1(C)C2[Se][Se]C1c1c(cnc3c1ccc1ccccc13)C2=O. The van der Waals surface area contributed by atoms with E-state index < -0.39 is 0 Å². The van der Waals surface area contributed by atoms with Gasteiger partial charge in [-0.1, -0.05) is 0 Å². The molecule has 1 saturated heterocycles. The third-order valence-corrected chi connectivity index (χ3v) is 15.1. The zero-order valence-corrected chi connectivity index (χ0v) is 16.3. The van der Waals surface area contributed by atoms with Gasteiger partial charge in [0.15, 0.2) is 0 Å². The number of aromatic nitrogens is 1. The Kier molecular flexibility index (Phi) is 2.88. The number of fused-ring (bicyclic) bond motifs is 8. The predicted octanol–water partition coefficient (Wildman–Crippen LogP) is 3.78. The van der Waals surface area contributed by atoms with Gasteiger partial charge >= 0.3 is 146 Å². The van der Waals surface area contributed by atoms with Crippen LogP contribution in [0.3, 0.4) is 0 Å². The monoisotopic (exact) mass is 433 g/mol. The molecule has 0 amide bonds. The number of hydrogen-bond donors (Lipinski definition) is 0. The molecule has 3 aromatic rings. The standard InChI is InChI=1S/C19H15NOSe2/c1-19(2)17-14-12-8-7-10-5-3-4-6-11(10)15(12)20-9-13(14)16(21)18(19)23-22-17/h3-9,17-18H,1-2H3. The van der Waals surface area contributed by atoms with Gasteiger partial charge in [-0.05, 0) is 0 Å². The Morgan fingerprint density at radius 3 is 2.65 bits per heavy atom. The van der Waals surface area contributed by atoms with Crippen LogP contribution in [0.1, 0.15) is 34.6 Å². The molecule has 114 valence electrons. The van der Waals surface area contributed by atoms with E-state index in [1.54, 1.807) is 0 Å². The van der Waals surface area contributed by atoms with Crippen LogP contribution in [0.25, 0.3) is 21.7 Å². The summed E-state index contributed by atoms with van der Waals surface area (Å²) in [7, 11) is 0. The number of benzene rings is 2. The summed E-state index contributed by atoms with van der Waals surface area (Å²) >= 11 is 1.03. The van der Waals surface area contributed by atoms with Gasteiger partial charge in [0, 0.05) is 0 Å². The van der Waals surface area contributed by atoms with Crippen molar-refractivity contribution in [2.45, 2.75) is 23.5 Å². The van der Waals surface area contributed by atoms with Crippen molar-refractivity contribution < 1.29 is 4.79 Å². The van der Waals surface area contributed by atoms with E-state index in [-0.39, 0.29) is 10.2 Å². The molecule has 1 fully saturated rings. The van der Waals surface area contributed by atoms with Crippen molar-refractivity contribution in [2.75, 3.05) is 0 Å². The normalized spacial score (nSPS) is 25.0. The first-order chi connectivity index (χ1) is 11.1. The van der Waals surface area contributed by atoms with Crippen molar-refractivity contribution in [3.05, 3.63) is 53.7 Å². The van der Waals surface area contributed by atoms with Gasteiger partial charge in [-0.2, -0.15) is 0 Å². The molecule has 1 aliphatic carbocycles. The molecule has 5 rings (SSSR count). The van der Waals surface area contributed by atoms with E-state index in [1.165, 1.54) is 21.7 Å². The zero-order chi connectivity index (χ0) is 15.8. The van der Waals surface area contributed by atoms with Crippen molar-refractivity contribution >= 4 is 53.7 Å². The topological polar surface area (TPSA) is 30.0 Å². The van der Waals surface area contributed by atoms with Crippen molar-refractivity contribution in [3.8, 4) is 0 Å². The van der Waals surface area contributed by atoms with Crippen LogP contribution in [0.15, 0.2) is 42.6 Å². The summed E-state index contributed by atoms with van der Waals surface area (Å²) in [6.45, 7) is 4.60. The molecule has 2 heterocycles. The molecule has 2 aromatic carbocycles. The molecule has 1 aromatic heterocycles. The predicted molar refractivity (Wildman–Crippen MR) is 95.4 cm³/mol. The van der Waals surface area contributed by atoms with E-state index in [1.807, 2.05) is 6.20 Å². The summed E-state index contributed by atoms with van der Waals surface area (Å²) < 4.78 is 0. The van der Waals surface area contributed by atoms with Crippen molar-refractivity contribution in [1.82, 2.24) is 4.98 Å². The van der Waals surface area contributed by atoms with Gasteiger partial charge in [0.2, 0.25) is 0 Å².